The molecule has 6 nitrogen and oxygen atoms in total. The number of aliphatic hydroxyl groups is 1. The van der Waals surface area contributed by atoms with Gasteiger partial charge in [0.25, 0.3) is 0 Å². The van der Waals surface area contributed by atoms with Crippen LogP contribution in [0.15, 0.2) is 72.8 Å². The number of aliphatic hydroxyl groups excluding tert-OH is 1. The summed E-state index contributed by atoms with van der Waals surface area (Å²) in [6, 6.07) is 23.5. The van der Waals surface area contributed by atoms with E-state index in [4.69, 9.17) is 9.47 Å². The Hall–Kier alpha value is -3.35. The molecule has 2 N–H and O–H groups in total. The first-order valence-electron chi connectivity index (χ1n) is 10.7. The maximum absolute atomic E-state index is 12.4. The van der Waals surface area contributed by atoms with Gasteiger partial charge in [-0.15, -0.1) is 0 Å². The molecule has 3 aromatic carbocycles. The number of ether oxygens (including phenoxy) is 2. The van der Waals surface area contributed by atoms with E-state index in [1.54, 1.807) is 24.3 Å². The second kappa shape index (κ2) is 9.85. The minimum Gasteiger partial charge on any atom is -0.491 e. The fourth-order valence-corrected chi connectivity index (χ4v) is 4.05. The molecule has 3 aromatic rings. The van der Waals surface area contributed by atoms with Gasteiger partial charge in [-0.1, -0.05) is 48.5 Å². The summed E-state index contributed by atoms with van der Waals surface area (Å²) in [5.74, 6) is 0.651. The standard InChI is InChI=1S/C26H28N2O4/c1-28(2)15-19(29)16-31-20-13-11-18(12-14-20)27-26(30)32-17-25-23-9-5-3-7-21(23)22-8-4-6-10-24(22)25/h3-14,19,25,29H,15-17H2,1-2H3,(H,27,30). The third-order valence-corrected chi connectivity index (χ3v) is 5.46. The summed E-state index contributed by atoms with van der Waals surface area (Å²) in [7, 11) is 3.79. The van der Waals surface area contributed by atoms with Crippen LogP contribution in [-0.2, 0) is 4.74 Å². The van der Waals surface area contributed by atoms with Gasteiger partial charge in [-0.2, -0.15) is 0 Å². The summed E-state index contributed by atoms with van der Waals surface area (Å²) in [5, 5.41) is 12.6. The van der Waals surface area contributed by atoms with Gasteiger partial charge in [0.2, 0.25) is 0 Å². The fraction of sp³-hybridized carbons (Fsp3) is 0.269. The Labute approximate surface area is 188 Å². The molecule has 0 aromatic heterocycles. The van der Waals surface area contributed by atoms with Crippen molar-refractivity contribution in [3.63, 3.8) is 0 Å². The first kappa shape index (κ1) is 21.9. The highest BCUT2D eigenvalue weighted by molar-refractivity contribution is 5.85. The van der Waals surface area contributed by atoms with Crippen LogP contribution in [0.4, 0.5) is 10.5 Å². The van der Waals surface area contributed by atoms with Gasteiger partial charge >= 0.3 is 6.09 Å². The molecule has 0 heterocycles. The van der Waals surface area contributed by atoms with E-state index in [-0.39, 0.29) is 19.1 Å². The lowest BCUT2D eigenvalue weighted by Crippen LogP contribution is -2.30. The molecule has 0 spiro atoms. The number of nitrogens with one attached hydrogen (secondary N) is 1. The van der Waals surface area contributed by atoms with Gasteiger partial charge in [0.05, 0.1) is 0 Å². The molecule has 1 atom stereocenters. The summed E-state index contributed by atoms with van der Waals surface area (Å²) in [5.41, 5.74) is 5.37. The van der Waals surface area contributed by atoms with Crippen LogP contribution >= 0.6 is 0 Å². The number of rotatable bonds is 8. The largest absolute Gasteiger partial charge is 0.491 e. The van der Waals surface area contributed by atoms with Gasteiger partial charge in [0.1, 0.15) is 25.1 Å². The van der Waals surface area contributed by atoms with Crippen molar-refractivity contribution in [1.82, 2.24) is 4.90 Å². The van der Waals surface area contributed by atoms with E-state index in [0.717, 1.165) is 0 Å². The Morgan fingerprint density at radius 3 is 2.16 bits per heavy atom. The van der Waals surface area contributed by atoms with Crippen molar-refractivity contribution in [3.8, 4) is 16.9 Å². The average Bonchev–Trinajstić information content (AvgIpc) is 3.11. The Balaban J connectivity index is 1.31. The Morgan fingerprint density at radius 2 is 1.56 bits per heavy atom. The second-order valence-electron chi connectivity index (χ2n) is 8.20. The van der Waals surface area contributed by atoms with E-state index >= 15 is 0 Å². The van der Waals surface area contributed by atoms with Gasteiger partial charge < -0.3 is 19.5 Å². The lowest BCUT2D eigenvalue weighted by atomic mass is 9.98. The van der Waals surface area contributed by atoms with Crippen LogP contribution in [0.3, 0.4) is 0 Å². The molecule has 6 heteroatoms. The zero-order valence-electron chi connectivity index (χ0n) is 18.3. The Bertz CT molecular complexity index is 1020. The Morgan fingerprint density at radius 1 is 0.969 bits per heavy atom. The number of likely N-dealkylation sites (N-methyl/N-ethyl adjacent to an activating group) is 1. The van der Waals surface area contributed by atoms with E-state index in [9.17, 15) is 9.90 Å². The van der Waals surface area contributed by atoms with Gasteiger partial charge in [0, 0.05) is 18.2 Å². The fourth-order valence-electron chi connectivity index (χ4n) is 4.05. The van der Waals surface area contributed by atoms with E-state index in [0.29, 0.717) is 18.0 Å². The number of hydrogen-bond acceptors (Lipinski definition) is 5. The highest BCUT2D eigenvalue weighted by Gasteiger charge is 2.28. The van der Waals surface area contributed by atoms with Gasteiger partial charge in [-0.25, -0.2) is 4.79 Å². The molecule has 0 saturated heterocycles. The van der Waals surface area contributed by atoms with Crippen molar-refractivity contribution >= 4 is 11.8 Å². The molecule has 32 heavy (non-hydrogen) atoms. The van der Waals surface area contributed by atoms with Gasteiger partial charge in [-0.05, 0) is 60.6 Å². The van der Waals surface area contributed by atoms with Crippen molar-refractivity contribution in [2.45, 2.75) is 12.0 Å². The first-order chi connectivity index (χ1) is 15.5. The molecule has 0 saturated carbocycles. The maximum atomic E-state index is 12.4. The minimum absolute atomic E-state index is 0.0255. The van der Waals surface area contributed by atoms with Crippen molar-refractivity contribution in [3.05, 3.63) is 83.9 Å². The average molecular weight is 433 g/mol. The number of carbonyl (C=O) groups is 1. The van der Waals surface area contributed by atoms with Crippen LogP contribution in [0.2, 0.25) is 0 Å². The van der Waals surface area contributed by atoms with Gasteiger partial charge in [0.15, 0.2) is 0 Å². The van der Waals surface area contributed by atoms with Gasteiger partial charge in [-0.3, -0.25) is 5.32 Å². The number of anilines is 1. The lowest BCUT2D eigenvalue weighted by Gasteiger charge is -2.17. The van der Waals surface area contributed by atoms with Crippen LogP contribution in [0.5, 0.6) is 5.75 Å². The monoisotopic (exact) mass is 432 g/mol. The van der Waals surface area contributed by atoms with Crippen LogP contribution < -0.4 is 10.1 Å². The van der Waals surface area contributed by atoms with Crippen molar-refractivity contribution in [2.24, 2.45) is 0 Å². The number of carbonyl (C=O) groups excluding carboxylic acids is 1. The molecule has 1 aliphatic rings. The lowest BCUT2D eigenvalue weighted by molar-refractivity contribution is 0.0831. The molecule has 4 rings (SSSR count). The minimum atomic E-state index is -0.566. The normalized spacial score (nSPS) is 13.4. The van der Waals surface area contributed by atoms with E-state index in [1.807, 2.05) is 43.3 Å². The molecule has 166 valence electrons. The van der Waals surface area contributed by atoms with E-state index in [2.05, 4.69) is 29.6 Å². The third kappa shape index (κ3) is 5.10. The molecular formula is C26H28N2O4. The molecule has 0 radical (unpaired) electrons. The van der Waals surface area contributed by atoms with Crippen molar-refractivity contribution < 1.29 is 19.4 Å². The van der Waals surface area contributed by atoms with E-state index < -0.39 is 12.2 Å². The zero-order chi connectivity index (χ0) is 22.5. The summed E-state index contributed by atoms with van der Waals surface area (Å²) < 4.78 is 11.2. The number of amides is 1. The quantitative estimate of drug-likeness (QED) is 0.554. The summed E-state index contributed by atoms with van der Waals surface area (Å²) in [6.07, 6.45) is -1.06. The molecule has 1 aliphatic carbocycles. The van der Waals surface area contributed by atoms with Crippen molar-refractivity contribution in [2.75, 3.05) is 39.2 Å². The number of nitrogens with zero attached hydrogens (tertiary/aromatic N) is 1. The first-order valence-corrected chi connectivity index (χ1v) is 10.7. The Kier molecular flexibility index (Phi) is 6.73. The van der Waals surface area contributed by atoms with Crippen LogP contribution in [-0.4, -0.2) is 56.1 Å². The van der Waals surface area contributed by atoms with Crippen LogP contribution in [0.25, 0.3) is 11.1 Å². The maximum Gasteiger partial charge on any atom is 0.411 e. The molecular weight excluding hydrogens is 404 g/mol. The molecule has 0 fully saturated rings. The van der Waals surface area contributed by atoms with E-state index in [1.165, 1.54) is 22.3 Å². The molecule has 0 bridgehead atoms. The molecule has 1 unspecified atom stereocenters. The predicted molar refractivity (Wildman–Crippen MR) is 125 cm³/mol. The SMILES string of the molecule is CN(C)CC(O)COc1ccc(NC(=O)OCC2c3ccccc3-c3ccccc32)cc1. The molecule has 0 aliphatic heterocycles. The number of hydrogen-bond donors (Lipinski definition) is 2. The second-order valence-corrected chi connectivity index (χ2v) is 8.20. The van der Waals surface area contributed by atoms with Crippen LogP contribution in [0.1, 0.15) is 17.0 Å². The smallest absolute Gasteiger partial charge is 0.411 e. The van der Waals surface area contributed by atoms with Crippen molar-refractivity contribution in [1.29, 1.82) is 0 Å². The highest BCUT2D eigenvalue weighted by atomic mass is 16.5. The summed E-state index contributed by atoms with van der Waals surface area (Å²) in [4.78, 5) is 14.3. The number of benzene rings is 3. The predicted octanol–water partition coefficient (Wildman–Crippen LogP) is 4.35. The summed E-state index contributed by atoms with van der Waals surface area (Å²) in [6.45, 7) is 1.00. The zero-order valence-corrected chi connectivity index (χ0v) is 18.3. The summed E-state index contributed by atoms with van der Waals surface area (Å²) >= 11 is 0. The topological polar surface area (TPSA) is 71.0 Å². The number of fused-ring (bicyclic) bond motifs is 3. The third-order valence-electron chi connectivity index (χ3n) is 5.46. The highest BCUT2D eigenvalue weighted by Crippen LogP contribution is 2.44. The van der Waals surface area contributed by atoms with Crippen LogP contribution in [0, 0.1) is 0 Å². The molecule has 1 amide bonds.